The van der Waals surface area contributed by atoms with E-state index in [1.165, 1.54) is 26.1 Å². The Bertz CT molecular complexity index is 2150. The molecule has 0 saturated heterocycles. The van der Waals surface area contributed by atoms with Gasteiger partial charge in [-0.05, 0) is 67.5 Å². The molecule has 5 heterocycles. The van der Waals surface area contributed by atoms with Crippen molar-refractivity contribution in [2.24, 2.45) is 5.92 Å². The monoisotopic (exact) mass is 671 g/mol. The minimum absolute atomic E-state index is 0.180. The van der Waals surface area contributed by atoms with Gasteiger partial charge in [0, 0.05) is 54.8 Å². The first-order valence-corrected chi connectivity index (χ1v) is 18.5. The van der Waals surface area contributed by atoms with Gasteiger partial charge in [0.05, 0.1) is 28.1 Å². The molecule has 230 valence electrons. The predicted molar refractivity (Wildman–Crippen MR) is 194 cm³/mol. The van der Waals surface area contributed by atoms with Gasteiger partial charge in [0.25, 0.3) is 0 Å². The molecule has 0 aliphatic carbocycles. The number of aryl methyl sites for hydroxylation is 3. The van der Waals surface area contributed by atoms with Gasteiger partial charge in [-0.2, -0.15) is 8.75 Å². The SMILES string of the molecule is CCc1nc2c(-c3ccc(-c4ccc(CCC(C)C)cc4F)s3)c3nsnc3c(-c3cc4sc(N(C)C)cc4s3)c2nc1CC. The van der Waals surface area contributed by atoms with Crippen LogP contribution in [-0.2, 0) is 19.3 Å². The maximum atomic E-state index is 15.4. The Morgan fingerprint density at radius 1 is 0.733 bits per heavy atom. The second-order valence-electron chi connectivity index (χ2n) is 12.0. The molecule has 10 heteroatoms. The highest BCUT2D eigenvalue weighted by Crippen LogP contribution is 2.48. The number of nitrogens with zero attached hydrogens (tertiary/aromatic N) is 5. The fourth-order valence-corrected chi connectivity index (χ4v) is 9.78. The maximum absolute atomic E-state index is 15.4. The number of aromatic nitrogens is 4. The molecule has 45 heavy (non-hydrogen) atoms. The van der Waals surface area contributed by atoms with Crippen LogP contribution in [0.5, 0.6) is 0 Å². The first-order valence-electron chi connectivity index (χ1n) is 15.3. The third-order valence-corrected chi connectivity index (χ3v) is 12.3. The lowest BCUT2D eigenvalue weighted by atomic mass is 10.0. The van der Waals surface area contributed by atoms with Gasteiger partial charge < -0.3 is 4.90 Å². The first-order chi connectivity index (χ1) is 21.7. The molecule has 2 aromatic carbocycles. The van der Waals surface area contributed by atoms with Crippen LogP contribution in [0.1, 0.15) is 51.1 Å². The van der Waals surface area contributed by atoms with Crippen LogP contribution in [0.3, 0.4) is 0 Å². The van der Waals surface area contributed by atoms with E-state index in [9.17, 15) is 0 Å². The Morgan fingerprint density at radius 2 is 1.38 bits per heavy atom. The standard InChI is InChI=1S/C35H34FN5S4/c1-7-22-23(8-2)38-33-31(28-16-26-27(43-28)17-29(44-26)41(5)6)35-34(39-45-40-35)30(32(33)37-22)25-14-13-24(42-25)20-12-11-19(15-21(20)36)10-9-18(3)4/h11-18H,7-10H2,1-6H3. The van der Waals surface area contributed by atoms with Crippen LogP contribution in [0.2, 0.25) is 0 Å². The molecule has 7 rings (SSSR count). The number of hydrogen-bond donors (Lipinski definition) is 0. The number of rotatable bonds is 9. The summed E-state index contributed by atoms with van der Waals surface area (Å²) in [6, 6.07) is 14.3. The van der Waals surface area contributed by atoms with Crippen molar-refractivity contribution in [1.29, 1.82) is 0 Å². The van der Waals surface area contributed by atoms with E-state index in [0.717, 1.165) is 90.5 Å². The number of benzene rings is 2. The van der Waals surface area contributed by atoms with Crippen molar-refractivity contribution in [3.05, 3.63) is 65.2 Å². The molecule has 0 bridgehead atoms. The molecular formula is C35H34FN5S4. The number of halogens is 1. The Balaban J connectivity index is 1.42. The largest absolute Gasteiger partial charge is 0.370 e. The zero-order valence-corrected chi connectivity index (χ0v) is 29.5. The van der Waals surface area contributed by atoms with Crippen molar-refractivity contribution in [2.75, 3.05) is 19.0 Å². The summed E-state index contributed by atoms with van der Waals surface area (Å²) in [5.41, 5.74) is 8.98. The summed E-state index contributed by atoms with van der Waals surface area (Å²) in [6.45, 7) is 8.66. The van der Waals surface area contributed by atoms with Crippen LogP contribution < -0.4 is 4.90 Å². The predicted octanol–water partition coefficient (Wildman–Crippen LogP) is 10.9. The van der Waals surface area contributed by atoms with Crippen molar-refractivity contribution >= 4 is 82.2 Å². The molecule has 0 spiro atoms. The molecule has 0 aliphatic heterocycles. The van der Waals surface area contributed by atoms with Gasteiger partial charge in [0.1, 0.15) is 27.9 Å². The van der Waals surface area contributed by atoms with Crippen molar-refractivity contribution < 1.29 is 4.39 Å². The average Bonchev–Trinajstić information content (AvgIpc) is 3.82. The Labute approximate surface area is 278 Å². The van der Waals surface area contributed by atoms with Crippen LogP contribution in [0, 0.1) is 11.7 Å². The van der Waals surface area contributed by atoms with E-state index < -0.39 is 0 Å². The van der Waals surface area contributed by atoms with Crippen molar-refractivity contribution in [3.8, 4) is 31.3 Å². The maximum Gasteiger partial charge on any atom is 0.132 e. The summed E-state index contributed by atoms with van der Waals surface area (Å²) in [7, 11) is 4.15. The lowest BCUT2D eigenvalue weighted by molar-refractivity contribution is 0.582. The third-order valence-electron chi connectivity index (χ3n) is 8.20. The van der Waals surface area contributed by atoms with Gasteiger partial charge in [-0.15, -0.1) is 34.0 Å². The molecular weight excluding hydrogens is 638 g/mol. The summed E-state index contributed by atoms with van der Waals surface area (Å²) in [6.07, 6.45) is 3.52. The minimum Gasteiger partial charge on any atom is -0.370 e. The zero-order valence-electron chi connectivity index (χ0n) is 26.2. The molecule has 0 N–H and O–H groups in total. The molecule has 7 aromatic rings. The van der Waals surface area contributed by atoms with E-state index in [1.807, 2.05) is 12.1 Å². The zero-order chi connectivity index (χ0) is 31.4. The summed E-state index contributed by atoms with van der Waals surface area (Å²) >= 11 is 6.35. The van der Waals surface area contributed by atoms with Crippen LogP contribution in [-0.4, -0.2) is 32.8 Å². The topological polar surface area (TPSA) is 54.8 Å². The third kappa shape index (κ3) is 5.45. The van der Waals surface area contributed by atoms with Crippen molar-refractivity contribution in [2.45, 2.75) is 53.4 Å². The van der Waals surface area contributed by atoms with Gasteiger partial charge in [-0.25, -0.2) is 14.4 Å². The molecule has 0 aliphatic rings. The second-order valence-corrected chi connectivity index (χ2v) is 15.7. The molecule has 5 nitrogen and oxygen atoms in total. The molecule has 0 radical (unpaired) electrons. The van der Waals surface area contributed by atoms with E-state index in [1.54, 1.807) is 40.1 Å². The van der Waals surface area contributed by atoms with Crippen LogP contribution in [0.4, 0.5) is 9.39 Å². The van der Waals surface area contributed by atoms with E-state index in [4.69, 9.17) is 18.7 Å². The summed E-state index contributed by atoms with van der Waals surface area (Å²) < 4.78 is 27.7. The molecule has 0 amide bonds. The average molecular weight is 672 g/mol. The summed E-state index contributed by atoms with van der Waals surface area (Å²) in [4.78, 5) is 15.7. The minimum atomic E-state index is -0.180. The fraction of sp³-hybridized carbons (Fsp3) is 0.314. The van der Waals surface area contributed by atoms with E-state index in [0.29, 0.717) is 11.5 Å². The molecule has 0 saturated carbocycles. The van der Waals surface area contributed by atoms with Gasteiger partial charge in [-0.1, -0.05) is 39.8 Å². The lowest BCUT2D eigenvalue weighted by Gasteiger charge is -2.13. The molecule has 0 unspecified atom stereocenters. The van der Waals surface area contributed by atoms with E-state index in [-0.39, 0.29) is 5.82 Å². The van der Waals surface area contributed by atoms with Gasteiger partial charge in [0.2, 0.25) is 0 Å². The number of fused-ring (bicyclic) bond motifs is 3. The second kappa shape index (κ2) is 12.1. The highest BCUT2D eigenvalue weighted by Gasteiger charge is 2.26. The van der Waals surface area contributed by atoms with Crippen LogP contribution >= 0.6 is 45.7 Å². The number of anilines is 1. The van der Waals surface area contributed by atoms with E-state index in [2.05, 4.69) is 71.0 Å². The quantitative estimate of drug-likeness (QED) is 0.153. The normalized spacial score (nSPS) is 12.0. The van der Waals surface area contributed by atoms with E-state index >= 15 is 4.39 Å². The van der Waals surface area contributed by atoms with Gasteiger partial charge in [0.15, 0.2) is 0 Å². The summed E-state index contributed by atoms with van der Waals surface area (Å²) in [5, 5.41) is 1.24. The Morgan fingerprint density at radius 3 is 1.98 bits per heavy atom. The molecule has 5 aromatic heterocycles. The van der Waals surface area contributed by atoms with Crippen LogP contribution in [0.15, 0.2) is 42.5 Å². The number of hydrogen-bond acceptors (Lipinski definition) is 9. The Kier molecular flexibility index (Phi) is 8.18. The lowest BCUT2D eigenvalue weighted by Crippen LogP contribution is -2.05. The van der Waals surface area contributed by atoms with Crippen molar-refractivity contribution in [1.82, 2.24) is 18.7 Å². The van der Waals surface area contributed by atoms with Gasteiger partial charge in [-0.3, -0.25) is 0 Å². The molecule has 0 fully saturated rings. The first kappa shape index (κ1) is 30.3. The van der Waals surface area contributed by atoms with Gasteiger partial charge >= 0.3 is 0 Å². The number of thiophene rings is 3. The Hall–Kier alpha value is -3.31. The summed E-state index contributed by atoms with van der Waals surface area (Å²) in [5.74, 6) is 0.406. The molecule has 0 atom stereocenters. The fourth-order valence-electron chi connectivity index (χ4n) is 5.78. The van der Waals surface area contributed by atoms with Crippen molar-refractivity contribution in [3.63, 3.8) is 0 Å². The van der Waals surface area contributed by atoms with Crippen LogP contribution in [0.25, 0.3) is 62.8 Å². The smallest absolute Gasteiger partial charge is 0.132 e. The highest BCUT2D eigenvalue weighted by molar-refractivity contribution is 7.31. The highest BCUT2D eigenvalue weighted by atomic mass is 32.1.